The monoisotopic (exact) mass is 272 g/mol. The number of benzene rings is 2. The second-order valence-corrected chi connectivity index (χ2v) is 5.23. The number of hydrogen-bond donors (Lipinski definition) is 1. The number of hydrogen-bond acceptors (Lipinski definition) is 2. The third-order valence-electron chi connectivity index (χ3n) is 3.33. The van der Waals surface area contributed by atoms with Crippen molar-refractivity contribution >= 4 is 5.69 Å². The Labute approximate surface area is 120 Å². The molecule has 2 rings (SSSR count). The molecule has 2 N–H and O–H groups in total. The third kappa shape index (κ3) is 3.58. The number of rotatable bonds is 5. The first-order chi connectivity index (χ1) is 9.60. The van der Waals surface area contributed by atoms with E-state index in [4.69, 9.17) is 5.73 Å². The first kappa shape index (κ1) is 14.5. The average Bonchev–Trinajstić information content (AvgIpc) is 2.44. The Hall–Kier alpha value is -1.87. The quantitative estimate of drug-likeness (QED) is 0.899. The summed E-state index contributed by atoms with van der Waals surface area (Å²) in [6, 6.07) is 15.5. The van der Waals surface area contributed by atoms with Gasteiger partial charge < -0.3 is 10.6 Å². The number of nitrogens with two attached hydrogens (primary N) is 1. The van der Waals surface area contributed by atoms with Gasteiger partial charge in [0.25, 0.3) is 0 Å². The van der Waals surface area contributed by atoms with Crippen molar-refractivity contribution in [1.82, 2.24) is 0 Å². The van der Waals surface area contributed by atoms with Crippen LogP contribution in [0.2, 0.25) is 0 Å². The molecular formula is C17H21FN2. The summed E-state index contributed by atoms with van der Waals surface area (Å²) in [7, 11) is 0. The second-order valence-electron chi connectivity index (χ2n) is 5.23. The van der Waals surface area contributed by atoms with Crippen molar-refractivity contribution in [3.8, 4) is 0 Å². The van der Waals surface area contributed by atoms with E-state index in [1.807, 2.05) is 24.3 Å². The van der Waals surface area contributed by atoms with Crippen LogP contribution in [-0.2, 0) is 13.1 Å². The van der Waals surface area contributed by atoms with Gasteiger partial charge in [-0.3, -0.25) is 0 Å². The standard InChI is InChI=1S/C17H21FN2/c1-13(2)20(12-14-6-4-3-5-7-14)17-9-15(11-19)8-16(18)10-17/h3-10,13H,11-12,19H2,1-2H3. The van der Waals surface area contributed by atoms with Crippen molar-refractivity contribution in [2.24, 2.45) is 5.73 Å². The molecule has 2 nitrogen and oxygen atoms in total. The molecule has 0 heterocycles. The van der Waals surface area contributed by atoms with Gasteiger partial charge in [0.2, 0.25) is 0 Å². The number of anilines is 1. The van der Waals surface area contributed by atoms with Gasteiger partial charge in [-0.25, -0.2) is 4.39 Å². The summed E-state index contributed by atoms with van der Waals surface area (Å²) in [6.07, 6.45) is 0. The van der Waals surface area contributed by atoms with Gasteiger partial charge in [0.05, 0.1) is 0 Å². The van der Waals surface area contributed by atoms with E-state index in [0.29, 0.717) is 6.54 Å². The van der Waals surface area contributed by atoms with Gasteiger partial charge in [0.15, 0.2) is 0 Å². The molecule has 0 aliphatic carbocycles. The maximum atomic E-state index is 13.7. The molecule has 2 aromatic rings. The van der Waals surface area contributed by atoms with Crippen LogP contribution in [0.15, 0.2) is 48.5 Å². The molecular weight excluding hydrogens is 251 g/mol. The molecule has 20 heavy (non-hydrogen) atoms. The van der Waals surface area contributed by atoms with Crippen LogP contribution >= 0.6 is 0 Å². The van der Waals surface area contributed by atoms with Crippen molar-refractivity contribution in [1.29, 1.82) is 0 Å². The molecule has 0 aliphatic rings. The summed E-state index contributed by atoms with van der Waals surface area (Å²) >= 11 is 0. The molecule has 0 radical (unpaired) electrons. The Morgan fingerprint density at radius 3 is 2.35 bits per heavy atom. The van der Waals surface area contributed by atoms with Gasteiger partial charge in [-0.05, 0) is 43.2 Å². The summed E-state index contributed by atoms with van der Waals surface area (Å²) in [4.78, 5) is 2.18. The van der Waals surface area contributed by atoms with E-state index >= 15 is 0 Å². The van der Waals surface area contributed by atoms with Crippen molar-refractivity contribution < 1.29 is 4.39 Å². The normalized spacial score (nSPS) is 10.8. The maximum absolute atomic E-state index is 13.7. The molecule has 0 spiro atoms. The third-order valence-corrected chi connectivity index (χ3v) is 3.33. The van der Waals surface area contributed by atoms with Gasteiger partial charge >= 0.3 is 0 Å². The summed E-state index contributed by atoms with van der Waals surface area (Å²) in [5.74, 6) is -0.235. The van der Waals surface area contributed by atoms with Crippen LogP contribution in [0.5, 0.6) is 0 Å². The summed E-state index contributed by atoms with van der Waals surface area (Å²) in [5, 5.41) is 0. The van der Waals surface area contributed by atoms with Gasteiger partial charge in [0, 0.05) is 24.8 Å². The minimum atomic E-state index is -0.235. The zero-order chi connectivity index (χ0) is 14.5. The lowest BCUT2D eigenvalue weighted by atomic mass is 10.1. The van der Waals surface area contributed by atoms with E-state index in [1.54, 1.807) is 6.07 Å². The molecule has 3 heteroatoms. The molecule has 0 saturated carbocycles. The maximum Gasteiger partial charge on any atom is 0.125 e. The Balaban J connectivity index is 2.31. The van der Waals surface area contributed by atoms with Crippen LogP contribution in [0.25, 0.3) is 0 Å². The van der Waals surface area contributed by atoms with Crippen molar-refractivity contribution in [2.75, 3.05) is 4.90 Å². The van der Waals surface area contributed by atoms with E-state index in [1.165, 1.54) is 11.6 Å². The fourth-order valence-electron chi connectivity index (χ4n) is 2.27. The molecule has 0 amide bonds. The molecule has 0 fully saturated rings. The first-order valence-corrected chi connectivity index (χ1v) is 6.90. The van der Waals surface area contributed by atoms with Crippen molar-refractivity contribution in [3.63, 3.8) is 0 Å². The van der Waals surface area contributed by atoms with Gasteiger partial charge in [-0.1, -0.05) is 30.3 Å². The minimum absolute atomic E-state index is 0.235. The largest absolute Gasteiger partial charge is 0.365 e. The molecule has 0 aromatic heterocycles. The van der Waals surface area contributed by atoms with E-state index in [-0.39, 0.29) is 11.9 Å². The average molecular weight is 272 g/mol. The first-order valence-electron chi connectivity index (χ1n) is 6.90. The molecule has 106 valence electrons. The highest BCUT2D eigenvalue weighted by molar-refractivity contribution is 5.50. The lowest BCUT2D eigenvalue weighted by molar-refractivity contribution is 0.619. The molecule has 0 unspecified atom stereocenters. The fourth-order valence-corrected chi connectivity index (χ4v) is 2.27. The van der Waals surface area contributed by atoms with E-state index in [2.05, 4.69) is 30.9 Å². The Morgan fingerprint density at radius 1 is 1.05 bits per heavy atom. The van der Waals surface area contributed by atoms with Crippen LogP contribution in [0.3, 0.4) is 0 Å². The number of nitrogens with zero attached hydrogens (tertiary/aromatic N) is 1. The van der Waals surface area contributed by atoms with E-state index < -0.39 is 0 Å². The summed E-state index contributed by atoms with van der Waals surface area (Å²) in [6.45, 7) is 5.32. The Morgan fingerprint density at radius 2 is 1.75 bits per heavy atom. The van der Waals surface area contributed by atoms with E-state index in [9.17, 15) is 4.39 Å². The van der Waals surface area contributed by atoms with Crippen molar-refractivity contribution in [2.45, 2.75) is 33.0 Å². The van der Waals surface area contributed by atoms with Crippen molar-refractivity contribution in [3.05, 3.63) is 65.5 Å². The summed E-state index contributed by atoms with van der Waals surface area (Å²) in [5.41, 5.74) is 8.54. The predicted molar refractivity (Wildman–Crippen MR) is 82.1 cm³/mol. The van der Waals surface area contributed by atoms with Crippen LogP contribution in [-0.4, -0.2) is 6.04 Å². The molecule has 0 saturated heterocycles. The highest BCUT2D eigenvalue weighted by Gasteiger charge is 2.13. The second kappa shape index (κ2) is 6.53. The SMILES string of the molecule is CC(C)N(Cc1ccccc1)c1cc(F)cc(CN)c1. The van der Waals surface area contributed by atoms with Crippen LogP contribution in [0, 0.1) is 5.82 Å². The Kier molecular flexibility index (Phi) is 4.74. The summed E-state index contributed by atoms with van der Waals surface area (Å²) < 4.78 is 13.7. The number of halogens is 1. The van der Waals surface area contributed by atoms with Gasteiger partial charge in [0.1, 0.15) is 5.82 Å². The van der Waals surface area contributed by atoms with Crippen LogP contribution < -0.4 is 10.6 Å². The lowest BCUT2D eigenvalue weighted by Crippen LogP contribution is -2.30. The smallest absolute Gasteiger partial charge is 0.125 e. The van der Waals surface area contributed by atoms with Gasteiger partial charge in [-0.2, -0.15) is 0 Å². The molecule has 0 aliphatic heterocycles. The fraction of sp³-hybridized carbons (Fsp3) is 0.294. The van der Waals surface area contributed by atoms with E-state index in [0.717, 1.165) is 17.8 Å². The van der Waals surface area contributed by atoms with Gasteiger partial charge in [-0.15, -0.1) is 0 Å². The Bertz CT molecular complexity index is 552. The highest BCUT2D eigenvalue weighted by atomic mass is 19.1. The topological polar surface area (TPSA) is 29.3 Å². The van der Waals surface area contributed by atoms with Crippen LogP contribution in [0.1, 0.15) is 25.0 Å². The molecule has 0 bridgehead atoms. The molecule has 2 aromatic carbocycles. The zero-order valence-electron chi connectivity index (χ0n) is 12.0. The highest BCUT2D eigenvalue weighted by Crippen LogP contribution is 2.23. The predicted octanol–water partition coefficient (Wildman–Crippen LogP) is 3.70. The lowest BCUT2D eigenvalue weighted by Gasteiger charge is -2.29. The molecule has 0 atom stereocenters. The zero-order valence-corrected chi connectivity index (χ0v) is 12.0. The van der Waals surface area contributed by atoms with Crippen LogP contribution in [0.4, 0.5) is 10.1 Å². The minimum Gasteiger partial charge on any atom is -0.365 e.